The summed E-state index contributed by atoms with van der Waals surface area (Å²) < 4.78 is 5.23. The average molecular weight is 275 g/mol. The van der Waals surface area contributed by atoms with Crippen LogP contribution in [0.3, 0.4) is 0 Å². The fourth-order valence-corrected chi connectivity index (χ4v) is 2.38. The Balaban J connectivity index is 3.06. The number of ether oxygens (including phenoxy) is 1. The molecule has 0 aliphatic carbocycles. The molecule has 1 aromatic rings. The van der Waals surface area contributed by atoms with Crippen LogP contribution in [-0.2, 0) is 10.9 Å². The first kappa shape index (κ1) is 14.2. The van der Waals surface area contributed by atoms with Crippen LogP contribution in [0.5, 0.6) is 5.75 Å². The number of amides is 1. The molecule has 0 aliphatic rings. The summed E-state index contributed by atoms with van der Waals surface area (Å²) in [5, 5.41) is 0.483. The summed E-state index contributed by atoms with van der Waals surface area (Å²) in [7, 11) is 3.40. The molecular weight excluding hydrogens is 258 g/mol. The topological polar surface area (TPSA) is 29.5 Å². The van der Waals surface area contributed by atoms with Crippen LogP contribution in [-0.4, -0.2) is 37.6 Å². The second-order valence-electron chi connectivity index (χ2n) is 4.13. The summed E-state index contributed by atoms with van der Waals surface area (Å²) in [6.45, 7) is 1.89. The molecular formula is C12H17ClNO2S+. The molecule has 1 aromatic carbocycles. The van der Waals surface area contributed by atoms with Crippen molar-refractivity contribution < 1.29 is 9.53 Å². The zero-order chi connectivity index (χ0) is 13.2. The third-order valence-corrected chi connectivity index (χ3v) is 3.69. The van der Waals surface area contributed by atoms with Crippen LogP contribution in [0, 0.1) is 6.92 Å². The van der Waals surface area contributed by atoms with Crippen molar-refractivity contribution in [2.75, 3.05) is 26.6 Å². The molecule has 0 N–H and O–H groups in total. The van der Waals surface area contributed by atoms with Gasteiger partial charge in [-0.25, -0.2) is 4.79 Å². The van der Waals surface area contributed by atoms with E-state index in [1.807, 2.05) is 19.1 Å². The monoisotopic (exact) mass is 274 g/mol. The molecule has 0 bridgehead atoms. The lowest BCUT2D eigenvalue weighted by molar-refractivity contribution is 0.171. The minimum absolute atomic E-state index is 0.135. The number of nitrogens with zero attached hydrogens (tertiary/aromatic N) is 1. The number of hydrogen-bond acceptors (Lipinski definition) is 2. The van der Waals surface area contributed by atoms with E-state index in [1.165, 1.54) is 4.90 Å². The molecule has 0 atom stereocenters. The fourth-order valence-electron chi connectivity index (χ4n) is 1.24. The number of benzene rings is 1. The second kappa shape index (κ2) is 5.65. The molecule has 1 amide bonds. The molecule has 17 heavy (non-hydrogen) atoms. The highest BCUT2D eigenvalue weighted by atomic mass is 35.5. The van der Waals surface area contributed by atoms with E-state index in [0.29, 0.717) is 10.8 Å². The smallest absolute Gasteiger partial charge is 0.408 e. The molecule has 0 aliphatic heterocycles. The molecule has 0 saturated heterocycles. The van der Waals surface area contributed by atoms with E-state index < -0.39 is 6.09 Å². The Hall–Kier alpha value is -0.870. The van der Waals surface area contributed by atoms with Gasteiger partial charge < -0.3 is 9.64 Å². The minimum atomic E-state index is -0.422. The van der Waals surface area contributed by atoms with E-state index in [-0.39, 0.29) is 10.9 Å². The molecule has 3 nitrogen and oxygen atoms in total. The van der Waals surface area contributed by atoms with E-state index >= 15 is 0 Å². The Morgan fingerprint density at radius 3 is 2.35 bits per heavy atom. The van der Waals surface area contributed by atoms with Gasteiger partial charge in [-0.15, -0.1) is 0 Å². The number of carbonyl (C=O) groups excluding carboxylic acids is 1. The number of hydrogen-bond donors (Lipinski definition) is 0. The highest BCUT2D eigenvalue weighted by Crippen LogP contribution is 2.31. The lowest BCUT2D eigenvalue weighted by Gasteiger charge is -2.14. The van der Waals surface area contributed by atoms with Crippen LogP contribution in [0.4, 0.5) is 4.79 Å². The van der Waals surface area contributed by atoms with Crippen LogP contribution in [0.25, 0.3) is 0 Å². The molecule has 0 fully saturated rings. The van der Waals surface area contributed by atoms with Crippen LogP contribution in [0.2, 0.25) is 5.02 Å². The van der Waals surface area contributed by atoms with Crippen molar-refractivity contribution in [3.05, 3.63) is 22.7 Å². The summed E-state index contributed by atoms with van der Waals surface area (Å²) >= 11 is 6.14. The molecule has 1 rings (SSSR count). The summed E-state index contributed by atoms with van der Waals surface area (Å²) in [6.07, 6.45) is 3.82. The van der Waals surface area contributed by atoms with E-state index in [2.05, 4.69) is 12.5 Å². The molecule has 0 aromatic heterocycles. The third-order valence-electron chi connectivity index (χ3n) is 2.23. The predicted octanol–water partition coefficient (Wildman–Crippen LogP) is 2.95. The Morgan fingerprint density at radius 2 is 1.94 bits per heavy atom. The van der Waals surface area contributed by atoms with Gasteiger partial charge in [0.1, 0.15) is 12.5 Å². The first-order valence-corrected chi connectivity index (χ1v) is 7.51. The average Bonchev–Trinajstić information content (AvgIpc) is 2.22. The summed E-state index contributed by atoms with van der Waals surface area (Å²) in [5.41, 5.74) is 0.879. The molecule has 0 heterocycles. The predicted molar refractivity (Wildman–Crippen MR) is 73.4 cm³/mol. The summed E-state index contributed by atoms with van der Waals surface area (Å²) in [5.74, 6) is 0.444. The van der Waals surface area contributed by atoms with Gasteiger partial charge in [-0.1, -0.05) is 11.6 Å². The van der Waals surface area contributed by atoms with Crippen molar-refractivity contribution in [1.82, 2.24) is 4.90 Å². The number of carbonyl (C=O) groups is 1. The van der Waals surface area contributed by atoms with Crippen molar-refractivity contribution in [1.29, 1.82) is 0 Å². The maximum Gasteiger partial charge on any atom is 0.414 e. The van der Waals surface area contributed by atoms with Crippen molar-refractivity contribution >= 4 is 28.6 Å². The standard InChI is InChI=1S/C12H17ClNO2S/c1-8-6-9(17(4)5)7-10(13)11(8)16-12(15)14(2)3/h6-7H,1-5H3/q+1. The summed E-state index contributed by atoms with van der Waals surface area (Å²) in [6, 6.07) is 3.86. The van der Waals surface area contributed by atoms with Gasteiger partial charge in [0.05, 0.1) is 5.02 Å². The zero-order valence-electron chi connectivity index (χ0n) is 10.7. The maximum atomic E-state index is 11.5. The highest BCUT2D eigenvalue weighted by Gasteiger charge is 2.18. The van der Waals surface area contributed by atoms with Gasteiger partial charge in [0.2, 0.25) is 0 Å². The van der Waals surface area contributed by atoms with E-state index in [1.54, 1.807) is 14.1 Å². The number of aryl methyl sites for hydroxylation is 1. The summed E-state index contributed by atoms with van der Waals surface area (Å²) in [4.78, 5) is 14.0. The molecule has 0 spiro atoms. The van der Waals surface area contributed by atoms with Crippen molar-refractivity contribution in [3.8, 4) is 5.75 Å². The normalized spacial score (nSPS) is 10.5. The second-order valence-corrected chi connectivity index (χ2v) is 6.64. The SMILES string of the molecule is Cc1cc([S+](C)C)cc(Cl)c1OC(=O)N(C)C. The first-order chi connectivity index (χ1) is 7.82. The van der Waals surface area contributed by atoms with Gasteiger partial charge in [0.15, 0.2) is 10.6 Å². The maximum absolute atomic E-state index is 11.5. The van der Waals surface area contributed by atoms with E-state index in [0.717, 1.165) is 10.5 Å². The Kier molecular flexibility index (Phi) is 4.71. The fraction of sp³-hybridized carbons (Fsp3) is 0.417. The van der Waals surface area contributed by atoms with E-state index in [4.69, 9.17) is 16.3 Å². The number of halogens is 1. The van der Waals surface area contributed by atoms with Crippen LogP contribution < -0.4 is 4.74 Å². The highest BCUT2D eigenvalue weighted by molar-refractivity contribution is 7.95. The molecule has 5 heteroatoms. The van der Waals surface area contributed by atoms with Gasteiger partial charge in [0.25, 0.3) is 0 Å². The number of rotatable bonds is 2. The van der Waals surface area contributed by atoms with Crippen LogP contribution in [0.1, 0.15) is 5.56 Å². The van der Waals surface area contributed by atoms with Gasteiger partial charge in [-0.05, 0) is 18.6 Å². The van der Waals surface area contributed by atoms with Crippen molar-refractivity contribution in [3.63, 3.8) is 0 Å². The molecule has 0 unspecified atom stereocenters. The largest absolute Gasteiger partial charge is 0.414 e. The Bertz CT molecular complexity index is 410. The lowest BCUT2D eigenvalue weighted by atomic mass is 10.2. The van der Waals surface area contributed by atoms with Gasteiger partial charge in [-0.2, -0.15) is 0 Å². The van der Waals surface area contributed by atoms with Crippen molar-refractivity contribution in [2.24, 2.45) is 0 Å². The first-order valence-electron chi connectivity index (χ1n) is 5.09. The molecule has 0 radical (unpaired) electrons. The minimum Gasteiger partial charge on any atom is -0.408 e. The third kappa shape index (κ3) is 3.54. The molecule has 0 saturated carbocycles. The quantitative estimate of drug-likeness (QED) is 0.776. The lowest BCUT2D eigenvalue weighted by Crippen LogP contribution is -2.25. The van der Waals surface area contributed by atoms with Gasteiger partial charge in [0, 0.05) is 31.1 Å². The van der Waals surface area contributed by atoms with Crippen molar-refractivity contribution in [2.45, 2.75) is 11.8 Å². The van der Waals surface area contributed by atoms with Gasteiger partial charge in [-0.3, -0.25) is 0 Å². The molecule has 94 valence electrons. The van der Waals surface area contributed by atoms with Gasteiger partial charge >= 0.3 is 6.09 Å². The van der Waals surface area contributed by atoms with Crippen LogP contribution in [0.15, 0.2) is 17.0 Å². The zero-order valence-corrected chi connectivity index (χ0v) is 12.3. The van der Waals surface area contributed by atoms with E-state index in [9.17, 15) is 4.79 Å². The Labute approximate surface area is 110 Å². The Morgan fingerprint density at radius 1 is 1.35 bits per heavy atom. The van der Waals surface area contributed by atoms with Crippen LogP contribution >= 0.6 is 11.6 Å².